The molecule has 0 saturated carbocycles. The molecule has 1 amide bonds. The molecule has 4 aromatic rings. The van der Waals surface area contributed by atoms with Crippen LogP contribution in [0.5, 0.6) is 0 Å². The largest absolute Gasteiger partial charge is 0.310 e. The summed E-state index contributed by atoms with van der Waals surface area (Å²) in [6, 6.07) is 17.0. The van der Waals surface area contributed by atoms with Crippen molar-refractivity contribution in [3.8, 4) is 11.3 Å². The number of halogens is 1. The highest BCUT2D eigenvalue weighted by molar-refractivity contribution is 6.30. The van der Waals surface area contributed by atoms with Gasteiger partial charge < -0.3 is 4.90 Å². The van der Waals surface area contributed by atoms with E-state index in [0.717, 1.165) is 16.9 Å². The highest BCUT2D eigenvalue weighted by atomic mass is 35.5. The minimum absolute atomic E-state index is 0.207. The monoisotopic (exact) mass is 362 g/mol. The van der Waals surface area contributed by atoms with Gasteiger partial charge in [0.2, 0.25) is 0 Å². The first-order valence-electron chi connectivity index (χ1n) is 8.05. The first-order valence-corrected chi connectivity index (χ1v) is 8.43. The molecule has 0 spiro atoms. The fourth-order valence-corrected chi connectivity index (χ4v) is 2.90. The van der Waals surface area contributed by atoms with E-state index in [2.05, 4.69) is 9.97 Å². The van der Waals surface area contributed by atoms with E-state index in [1.54, 1.807) is 54.8 Å². The molecular weight excluding hydrogens is 348 g/mol. The first-order chi connectivity index (χ1) is 12.6. The van der Waals surface area contributed by atoms with Crippen LogP contribution in [0.25, 0.3) is 16.9 Å². The number of fused-ring (bicyclic) bond motifs is 1. The lowest BCUT2D eigenvalue weighted by Gasteiger charge is -2.17. The van der Waals surface area contributed by atoms with Crippen molar-refractivity contribution in [1.29, 1.82) is 0 Å². The van der Waals surface area contributed by atoms with Crippen LogP contribution in [-0.2, 0) is 0 Å². The van der Waals surface area contributed by atoms with Crippen LogP contribution < -0.4 is 4.90 Å². The Kier molecular flexibility index (Phi) is 4.14. The van der Waals surface area contributed by atoms with Gasteiger partial charge in [-0.3, -0.25) is 9.20 Å². The Hall–Kier alpha value is -3.18. The van der Waals surface area contributed by atoms with Gasteiger partial charge in [-0.1, -0.05) is 41.9 Å². The second-order valence-corrected chi connectivity index (χ2v) is 6.29. The number of rotatable bonds is 3. The van der Waals surface area contributed by atoms with Gasteiger partial charge in [0.1, 0.15) is 5.69 Å². The molecule has 128 valence electrons. The maximum atomic E-state index is 12.8. The molecule has 2 aromatic heterocycles. The average Bonchev–Trinajstić information content (AvgIpc) is 3.11. The van der Waals surface area contributed by atoms with Crippen molar-refractivity contribution < 1.29 is 4.79 Å². The van der Waals surface area contributed by atoms with Crippen molar-refractivity contribution in [3.05, 3.63) is 83.9 Å². The Morgan fingerprint density at radius 3 is 2.46 bits per heavy atom. The van der Waals surface area contributed by atoms with E-state index in [1.165, 1.54) is 0 Å². The minimum Gasteiger partial charge on any atom is -0.310 e. The molecule has 6 heteroatoms. The Bertz CT molecular complexity index is 1070. The summed E-state index contributed by atoms with van der Waals surface area (Å²) >= 11 is 5.92. The Labute approximate surface area is 155 Å². The van der Waals surface area contributed by atoms with E-state index in [9.17, 15) is 4.79 Å². The first kappa shape index (κ1) is 16.3. The van der Waals surface area contributed by atoms with Crippen LogP contribution in [-0.4, -0.2) is 27.3 Å². The standard InChI is InChI=1S/C20H15ClN4O/c1-24(16-9-7-15(21)8-10-16)20(26)17-13-25-18(11-23-19(25)12-22-17)14-5-3-2-4-6-14/h2-13H,1H3. The number of nitrogens with zero attached hydrogens (tertiary/aromatic N) is 4. The molecule has 26 heavy (non-hydrogen) atoms. The lowest BCUT2D eigenvalue weighted by atomic mass is 10.2. The summed E-state index contributed by atoms with van der Waals surface area (Å²) in [5.41, 5.74) is 3.71. The summed E-state index contributed by atoms with van der Waals surface area (Å²) in [7, 11) is 1.71. The number of aromatic nitrogens is 3. The summed E-state index contributed by atoms with van der Waals surface area (Å²) in [6.07, 6.45) is 5.11. The summed E-state index contributed by atoms with van der Waals surface area (Å²) in [5.74, 6) is -0.207. The molecule has 0 aliphatic carbocycles. The Morgan fingerprint density at radius 2 is 1.73 bits per heavy atom. The second kappa shape index (κ2) is 6.61. The van der Waals surface area contributed by atoms with Crippen molar-refractivity contribution in [2.75, 3.05) is 11.9 Å². The Balaban J connectivity index is 1.72. The molecule has 2 heterocycles. The lowest BCUT2D eigenvalue weighted by Crippen LogP contribution is -2.27. The molecule has 0 unspecified atom stereocenters. The third kappa shape index (κ3) is 2.93. The third-order valence-corrected chi connectivity index (χ3v) is 4.46. The summed E-state index contributed by atoms with van der Waals surface area (Å²) < 4.78 is 1.88. The van der Waals surface area contributed by atoms with E-state index in [4.69, 9.17) is 11.6 Å². The second-order valence-electron chi connectivity index (χ2n) is 5.85. The predicted molar refractivity (Wildman–Crippen MR) is 103 cm³/mol. The molecule has 0 bridgehead atoms. The van der Waals surface area contributed by atoms with Crippen molar-refractivity contribution in [2.45, 2.75) is 0 Å². The zero-order valence-corrected chi connectivity index (χ0v) is 14.8. The maximum absolute atomic E-state index is 12.8. The average molecular weight is 363 g/mol. The molecule has 0 aliphatic heterocycles. The number of hydrogen-bond donors (Lipinski definition) is 0. The van der Waals surface area contributed by atoms with Gasteiger partial charge in [0.15, 0.2) is 5.65 Å². The van der Waals surface area contributed by atoms with Crippen LogP contribution in [0.1, 0.15) is 10.5 Å². The van der Waals surface area contributed by atoms with Crippen LogP contribution in [0.2, 0.25) is 5.02 Å². The molecule has 0 fully saturated rings. The van der Waals surface area contributed by atoms with E-state index < -0.39 is 0 Å². The van der Waals surface area contributed by atoms with Gasteiger partial charge >= 0.3 is 0 Å². The number of imidazole rings is 1. The smallest absolute Gasteiger partial charge is 0.278 e. The van der Waals surface area contributed by atoms with Gasteiger partial charge in [-0.15, -0.1) is 0 Å². The highest BCUT2D eigenvalue weighted by Crippen LogP contribution is 2.22. The Morgan fingerprint density at radius 1 is 1.00 bits per heavy atom. The minimum atomic E-state index is -0.207. The maximum Gasteiger partial charge on any atom is 0.278 e. The molecule has 4 rings (SSSR count). The van der Waals surface area contributed by atoms with E-state index >= 15 is 0 Å². The normalized spacial score (nSPS) is 10.8. The number of carbonyl (C=O) groups excluding carboxylic acids is 1. The molecule has 0 N–H and O–H groups in total. The highest BCUT2D eigenvalue weighted by Gasteiger charge is 2.17. The summed E-state index contributed by atoms with van der Waals surface area (Å²) in [6.45, 7) is 0. The van der Waals surface area contributed by atoms with Gasteiger partial charge in [-0.2, -0.15) is 0 Å². The SMILES string of the molecule is CN(C(=O)c1cn2c(-c3ccccc3)cnc2cn1)c1ccc(Cl)cc1. The van der Waals surface area contributed by atoms with E-state index in [-0.39, 0.29) is 5.91 Å². The third-order valence-electron chi connectivity index (χ3n) is 4.20. The van der Waals surface area contributed by atoms with Gasteiger partial charge in [0.25, 0.3) is 5.91 Å². The number of hydrogen-bond acceptors (Lipinski definition) is 3. The summed E-state index contributed by atoms with van der Waals surface area (Å²) in [5, 5.41) is 0.625. The lowest BCUT2D eigenvalue weighted by molar-refractivity contribution is 0.0988. The molecule has 0 atom stereocenters. The van der Waals surface area contributed by atoms with Crippen LogP contribution in [0.15, 0.2) is 73.2 Å². The van der Waals surface area contributed by atoms with Crippen LogP contribution in [0.3, 0.4) is 0 Å². The van der Waals surface area contributed by atoms with E-state index in [1.807, 2.05) is 34.7 Å². The van der Waals surface area contributed by atoms with Crippen molar-refractivity contribution in [2.24, 2.45) is 0 Å². The number of anilines is 1. The van der Waals surface area contributed by atoms with Gasteiger partial charge in [-0.25, -0.2) is 9.97 Å². The fraction of sp³-hybridized carbons (Fsp3) is 0.0500. The van der Waals surface area contributed by atoms with Gasteiger partial charge in [0, 0.05) is 29.5 Å². The topological polar surface area (TPSA) is 50.5 Å². The summed E-state index contributed by atoms with van der Waals surface area (Å²) in [4.78, 5) is 23.0. The molecular formula is C20H15ClN4O. The van der Waals surface area contributed by atoms with Crippen molar-refractivity contribution >= 4 is 28.8 Å². The number of carbonyl (C=O) groups is 1. The predicted octanol–water partition coefficient (Wildman–Crippen LogP) is 4.33. The van der Waals surface area contributed by atoms with Crippen LogP contribution in [0, 0.1) is 0 Å². The van der Waals surface area contributed by atoms with Crippen molar-refractivity contribution in [3.63, 3.8) is 0 Å². The zero-order valence-electron chi connectivity index (χ0n) is 14.0. The van der Waals surface area contributed by atoms with Gasteiger partial charge in [0.05, 0.1) is 18.1 Å². The van der Waals surface area contributed by atoms with E-state index in [0.29, 0.717) is 16.4 Å². The quantitative estimate of drug-likeness (QED) is 0.545. The van der Waals surface area contributed by atoms with Crippen LogP contribution >= 0.6 is 11.6 Å². The number of benzene rings is 2. The fourth-order valence-electron chi connectivity index (χ4n) is 2.78. The molecule has 2 aromatic carbocycles. The molecule has 0 radical (unpaired) electrons. The molecule has 0 saturated heterocycles. The zero-order chi connectivity index (χ0) is 18.1. The molecule has 5 nitrogen and oxygen atoms in total. The van der Waals surface area contributed by atoms with Crippen molar-refractivity contribution in [1.82, 2.24) is 14.4 Å². The van der Waals surface area contributed by atoms with Crippen LogP contribution in [0.4, 0.5) is 5.69 Å². The molecule has 0 aliphatic rings. The number of amides is 1. The van der Waals surface area contributed by atoms with Gasteiger partial charge in [-0.05, 0) is 24.3 Å².